The van der Waals surface area contributed by atoms with E-state index >= 15 is 0 Å². The van der Waals surface area contributed by atoms with Crippen molar-refractivity contribution >= 4 is 5.91 Å². The minimum Gasteiger partial charge on any atom is -0.497 e. The molecule has 4 aromatic rings. The third kappa shape index (κ3) is 5.25. The van der Waals surface area contributed by atoms with Gasteiger partial charge in [-0.3, -0.25) is 4.79 Å². The Bertz CT molecular complexity index is 1140. The highest BCUT2D eigenvalue weighted by molar-refractivity contribution is 5.95. The van der Waals surface area contributed by atoms with Crippen LogP contribution in [0.2, 0.25) is 0 Å². The normalized spacial score (nSPS) is 10.4. The van der Waals surface area contributed by atoms with Gasteiger partial charge in [0.1, 0.15) is 11.5 Å². The number of methoxy groups -OCH3 is 1. The van der Waals surface area contributed by atoms with Crippen molar-refractivity contribution in [1.29, 1.82) is 0 Å². The zero-order chi connectivity index (χ0) is 21.5. The van der Waals surface area contributed by atoms with Crippen LogP contribution in [0.4, 0.5) is 0 Å². The van der Waals surface area contributed by atoms with Crippen LogP contribution in [0.15, 0.2) is 91.0 Å². The van der Waals surface area contributed by atoms with Crippen LogP contribution in [0.1, 0.15) is 15.9 Å². The van der Waals surface area contributed by atoms with Gasteiger partial charge in [0.2, 0.25) is 5.88 Å². The minimum atomic E-state index is -0.141. The first-order valence-corrected chi connectivity index (χ1v) is 9.79. The van der Waals surface area contributed by atoms with Gasteiger partial charge in [0.25, 0.3) is 5.91 Å². The molecule has 3 aromatic carbocycles. The van der Waals surface area contributed by atoms with E-state index in [2.05, 4.69) is 15.5 Å². The summed E-state index contributed by atoms with van der Waals surface area (Å²) in [6.07, 6.45) is 0. The first kappa shape index (κ1) is 20.1. The second kappa shape index (κ2) is 9.54. The van der Waals surface area contributed by atoms with Gasteiger partial charge in [-0.2, -0.15) is 0 Å². The Hall–Kier alpha value is -4.19. The number of carbonyl (C=O) groups excluding carboxylic acids is 1. The van der Waals surface area contributed by atoms with E-state index in [-0.39, 0.29) is 5.91 Å². The average molecular weight is 411 g/mol. The molecule has 0 aliphatic carbocycles. The summed E-state index contributed by atoms with van der Waals surface area (Å²) in [4.78, 5) is 12.5. The summed E-state index contributed by atoms with van der Waals surface area (Å²) in [5.74, 6) is 1.63. The van der Waals surface area contributed by atoms with Crippen molar-refractivity contribution in [3.8, 4) is 28.6 Å². The molecular weight excluding hydrogens is 390 g/mol. The second-order valence-corrected chi connectivity index (χ2v) is 6.78. The zero-order valence-electron chi connectivity index (χ0n) is 17.0. The van der Waals surface area contributed by atoms with E-state index in [4.69, 9.17) is 9.47 Å². The largest absolute Gasteiger partial charge is 0.497 e. The van der Waals surface area contributed by atoms with Gasteiger partial charge in [-0.25, -0.2) is 0 Å². The Morgan fingerprint density at radius 3 is 2.32 bits per heavy atom. The highest BCUT2D eigenvalue weighted by atomic mass is 16.5. The number of rotatable bonds is 7. The molecule has 1 N–H and O–H groups in total. The van der Waals surface area contributed by atoms with E-state index < -0.39 is 0 Å². The molecule has 0 aliphatic heterocycles. The van der Waals surface area contributed by atoms with Gasteiger partial charge in [-0.15, -0.1) is 10.2 Å². The molecule has 0 saturated carbocycles. The van der Waals surface area contributed by atoms with E-state index in [0.29, 0.717) is 29.4 Å². The molecule has 0 unspecified atom stereocenters. The fourth-order valence-electron chi connectivity index (χ4n) is 2.99. The predicted octanol–water partition coefficient (Wildman–Crippen LogP) is 4.87. The molecule has 6 nitrogen and oxygen atoms in total. The number of aromatic nitrogens is 2. The summed E-state index contributed by atoms with van der Waals surface area (Å²) in [6.45, 7) is 0.473. The first-order chi connectivity index (χ1) is 15.2. The lowest BCUT2D eigenvalue weighted by Gasteiger charge is -2.08. The molecule has 1 heterocycles. The van der Waals surface area contributed by atoms with Crippen LogP contribution in [-0.2, 0) is 6.54 Å². The van der Waals surface area contributed by atoms with Gasteiger partial charge in [0.15, 0.2) is 0 Å². The molecule has 4 rings (SSSR count). The third-order valence-corrected chi connectivity index (χ3v) is 4.64. The molecule has 0 aliphatic rings. The number of ether oxygens (including phenoxy) is 2. The minimum absolute atomic E-state index is 0.141. The molecule has 154 valence electrons. The van der Waals surface area contributed by atoms with Crippen molar-refractivity contribution in [1.82, 2.24) is 15.5 Å². The van der Waals surface area contributed by atoms with Crippen molar-refractivity contribution in [3.05, 3.63) is 102 Å². The van der Waals surface area contributed by atoms with Crippen LogP contribution in [-0.4, -0.2) is 23.2 Å². The fraction of sp³-hybridized carbons (Fsp3) is 0.0800. The number of nitrogens with zero attached hydrogens (tertiary/aromatic N) is 2. The Labute approximate surface area is 180 Å². The highest BCUT2D eigenvalue weighted by Gasteiger charge is 2.09. The van der Waals surface area contributed by atoms with E-state index in [0.717, 1.165) is 16.9 Å². The Balaban J connectivity index is 1.42. The van der Waals surface area contributed by atoms with Gasteiger partial charge < -0.3 is 14.8 Å². The number of amides is 1. The SMILES string of the molecule is COc1ccc(Oc2ccc(-c3cccc(C(=O)NCc4ccccc4)c3)nn2)cc1. The molecule has 1 amide bonds. The van der Waals surface area contributed by atoms with E-state index in [9.17, 15) is 4.79 Å². The summed E-state index contributed by atoms with van der Waals surface area (Å²) in [5, 5.41) is 11.3. The molecule has 0 radical (unpaired) electrons. The highest BCUT2D eigenvalue weighted by Crippen LogP contribution is 2.24. The van der Waals surface area contributed by atoms with Gasteiger partial charge in [-0.1, -0.05) is 42.5 Å². The molecule has 6 heteroatoms. The van der Waals surface area contributed by atoms with Gasteiger partial charge in [0.05, 0.1) is 12.8 Å². The number of hydrogen-bond acceptors (Lipinski definition) is 5. The Morgan fingerprint density at radius 2 is 1.61 bits per heavy atom. The van der Waals surface area contributed by atoms with E-state index in [1.54, 1.807) is 37.4 Å². The van der Waals surface area contributed by atoms with Crippen molar-refractivity contribution in [3.63, 3.8) is 0 Å². The summed E-state index contributed by atoms with van der Waals surface area (Å²) in [5.41, 5.74) is 3.06. The zero-order valence-corrected chi connectivity index (χ0v) is 17.0. The fourth-order valence-corrected chi connectivity index (χ4v) is 2.99. The second-order valence-electron chi connectivity index (χ2n) is 6.78. The van der Waals surface area contributed by atoms with Crippen LogP contribution >= 0.6 is 0 Å². The maximum atomic E-state index is 12.5. The van der Waals surface area contributed by atoms with Crippen LogP contribution in [0.5, 0.6) is 17.4 Å². The first-order valence-electron chi connectivity index (χ1n) is 9.79. The molecule has 1 aromatic heterocycles. The van der Waals surface area contributed by atoms with Crippen LogP contribution in [0.3, 0.4) is 0 Å². The molecule has 0 atom stereocenters. The molecule has 31 heavy (non-hydrogen) atoms. The average Bonchev–Trinajstić information content (AvgIpc) is 2.84. The van der Waals surface area contributed by atoms with E-state index in [1.807, 2.05) is 60.7 Å². The third-order valence-electron chi connectivity index (χ3n) is 4.64. The van der Waals surface area contributed by atoms with Crippen molar-refractivity contribution < 1.29 is 14.3 Å². The van der Waals surface area contributed by atoms with Gasteiger partial charge in [0, 0.05) is 23.7 Å². The standard InChI is InChI=1S/C25H21N3O3/c1-30-21-10-12-22(13-11-21)31-24-15-14-23(27-28-24)19-8-5-9-20(16-19)25(29)26-17-18-6-3-2-4-7-18/h2-16H,17H2,1H3,(H,26,29). The van der Waals surface area contributed by atoms with Crippen molar-refractivity contribution in [2.24, 2.45) is 0 Å². The summed E-state index contributed by atoms with van der Waals surface area (Å²) in [7, 11) is 1.61. The van der Waals surface area contributed by atoms with Gasteiger partial charge in [-0.05, 0) is 48.0 Å². The monoisotopic (exact) mass is 411 g/mol. The summed E-state index contributed by atoms with van der Waals surface area (Å²) < 4.78 is 10.8. The number of nitrogens with one attached hydrogen (secondary N) is 1. The molecule has 0 bridgehead atoms. The lowest BCUT2D eigenvalue weighted by molar-refractivity contribution is 0.0951. The van der Waals surface area contributed by atoms with Crippen LogP contribution in [0.25, 0.3) is 11.3 Å². The van der Waals surface area contributed by atoms with Crippen LogP contribution < -0.4 is 14.8 Å². The summed E-state index contributed by atoms with van der Waals surface area (Å²) >= 11 is 0. The number of hydrogen-bond donors (Lipinski definition) is 1. The lowest BCUT2D eigenvalue weighted by Crippen LogP contribution is -2.22. The summed E-state index contributed by atoms with van der Waals surface area (Å²) in [6, 6.07) is 27.9. The molecular formula is C25H21N3O3. The van der Waals surface area contributed by atoms with Crippen LogP contribution in [0, 0.1) is 0 Å². The van der Waals surface area contributed by atoms with Crippen molar-refractivity contribution in [2.45, 2.75) is 6.54 Å². The van der Waals surface area contributed by atoms with E-state index in [1.165, 1.54) is 0 Å². The molecule has 0 spiro atoms. The quantitative estimate of drug-likeness (QED) is 0.469. The Kier molecular flexibility index (Phi) is 6.18. The number of benzene rings is 3. The molecule has 0 saturated heterocycles. The topological polar surface area (TPSA) is 73.3 Å². The Morgan fingerprint density at radius 1 is 0.839 bits per heavy atom. The lowest BCUT2D eigenvalue weighted by atomic mass is 10.1. The maximum absolute atomic E-state index is 12.5. The smallest absolute Gasteiger partial charge is 0.251 e. The maximum Gasteiger partial charge on any atom is 0.251 e. The predicted molar refractivity (Wildman–Crippen MR) is 118 cm³/mol. The van der Waals surface area contributed by atoms with Gasteiger partial charge >= 0.3 is 0 Å². The molecule has 0 fully saturated rings. The number of carbonyl (C=O) groups is 1. The van der Waals surface area contributed by atoms with Crippen molar-refractivity contribution in [2.75, 3.05) is 7.11 Å².